The number of nitrogens with one attached hydrogen (secondary N) is 2. The summed E-state index contributed by atoms with van der Waals surface area (Å²) in [5, 5.41) is 14.6. The Kier molecular flexibility index (Phi) is 5.18. The van der Waals surface area contributed by atoms with Crippen molar-refractivity contribution in [1.82, 2.24) is 10.3 Å². The minimum atomic E-state index is -1.15. The number of fused-ring (bicyclic) bond motifs is 3. The van der Waals surface area contributed by atoms with Gasteiger partial charge in [0.15, 0.2) is 0 Å². The van der Waals surface area contributed by atoms with Crippen molar-refractivity contribution < 1.29 is 19.0 Å². The van der Waals surface area contributed by atoms with E-state index in [9.17, 15) is 9.59 Å². The molecule has 0 aliphatic heterocycles. The van der Waals surface area contributed by atoms with Gasteiger partial charge in [-0.15, -0.1) is 11.3 Å². The van der Waals surface area contributed by atoms with Crippen molar-refractivity contribution in [2.24, 2.45) is 0 Å². The van der Waals surface area contributed by atoms with Gasteiger partial charge in [0.2, 0.25) is 0 Å². The highest BCUT2D eigenvalue weighted by Gasteiger charge is 2.26. The predicted molar refractivity (Wildman–Crippen MR) is 121 cm³/mol. The number of hydrogen-bond donors (Lipinski definition) is 3. The monoisotopic (exact) mass is 440 g/mol. The molecule has 4 rings (SSSR count). The first-order chi connectivity index (χ1) is 14.7. The maximum Gasteiger partial charge on any atom is 0.404 e. The van der Waals surface area contributed by atoms with Gasteiger partial charge in [0, 0.05) is 33.8 Å². The Hall–Kier alpha value is -3.39. The van der Waals surface area contributed by atoms with E-state index in [1.54, 1.807) is 45.2 Å². The average molecular weight is 440 g/mol. The van der Waals surface area contributed by atoms with E-state index in [0.29, 0.717) is 32.7 Å². The number of thiophene rings is 1. The predicted octanol–water partition coefficient (Wildman–Crippen LogP) is 5.10. The summed E-state index contributed by atoms with van der Waals surface area (Å²) >= 11 is 1.35. The molecule has 2 aromatic carbocycles. The third-order valence-electron chi connectivity index (χ3n) is 5.44. The lowest BCUT2D eigenvalue weighted by Gasteiger charge is -2.26. The number of hydrogen-bond acceptors (Lipinski definition) is 4. The van der Waals surface area contributed by atoms with Gasteiger partial charge < -0.3 is 20.1 Å². The first-order valence-corrected chi connectivity index (χ1v) is 10.5. The SMILES string of the molecule is COc1ccc2[nH]c(=O)c3sccc3c2c1-c1ccc(C(C)(C)CNC(=O)O)c(F)c1. The second-order valence-corrected chi connectivity index (χ2v) is 8.84. The molecule has 0 spiro atoms. The molecule has 0 saturated heterocycles. The Labute approximate surface area is 181 Å². The van der Waals surface area contributed by atoms with Crippen molar-refractivity contribution in [2.75, 3.05) is 13.7 Å². The molecule has 0 atom stereocenters. The summed E-state index contributed by atoms with van der Waals surface area (Å²) in [4.78, 5) is 26.2. The van der Waals surface area contributed by atoms with Gasteiger partial charge in [0.25, 0.3) is 5.56 Å². The molecule has 2 aromatic heterocycles. The molecule has 2 heterocycles. The number of aromatic amines is 1. The molecule has 0 aliphatic carbocycles. The van der Waals surface area contributed by atoms with Crippen molar-refractivity contribution in [3.63, 3.8) is 0 Å². The molecule has 8 heteroatoms. The first-order valence-electron chi connectivity index (χ1n) is 9.60. The van der Waals surface area contributed by atoms with Crippen LogP contribution in [-0.4, -0.2) is 29.8 Å². The smallest absolute Gasteiger partial charge is 0.404 e. The highest BCUT2D eigenvalue weighted by molar-refractivity contribution is 7.17. The Morgan fingerprint density at radius 1 is 1.26 bits per heavy atom. The van der Waals surface area contributed by atoms with E-state index >= 15 is 4.39 Å². The summed E-state index contributed by atoms with van der Waals surface area (Å²) < 4.78 is 21.4. The zero-order valence-corrected chi connectivity index (χ0v) is 18.0. The van der Waals surface area contributed by atoms with Gasteiger partial charge >= 0.3 is 6.09 Å². The van der Waals surface area contributed by atoms with Crippen molar-refractivity contribution in [2.45, 2.75) is 19.3 Å². The lowest BCUT2D eigenvalue weighted by molar-refractivity contribution is 0.191. The standard InChI is InChI=1S/C23H21FN2O4S/c1-23(2,11-25-22(28)29)14-5-4-12(10-15(14)24)18-17(30-3)7-6-16-19(18)13-8-9-31-20(13)21(27)26-16/h4-10,25H,11H2,1-3H3,(H,26,27)(H,28,29). The van der Waals surface area contributed by atoms with E-state index in [0.717, 1.165) is 10.8 Å². The minimum absolute atomic E-state index is 0.0763. The van der Waals surface area contributed by atoms with E-state index in [1.165, 1.54) is 17.4 Å². The number of halogens is 1. The second-order valence-electron chi connectivity index (χ2n) is 7.92. The minimum Gasteiger partial charge on any atom is -0.496 e. The summed E-state index contributed by atoms with van der Waals surface area (Å²) in [6, 6.07) is 10.3. The highest BCUT2D eigenvalue weighted by atomic mass is 32.1. The zero-order valence-electron chi connectivity index (χ0n) is 17.2. The summed E-state index contributed by atoms with van der Waals surface area (Å²) in [5.41, 5.74) is 1.43. The molecule has 0 radical (unpaired) electrons. The number of carboxylic acid groups (broad SMARTS) is 1. The number of benzene rings is 2. The zero-order chi connectivity index (χ0) is 22.3. The number of H-pyrrole nitrogens is 1. The normalized spacial score (nSPS) is 11.7. The Balaban J connectivity index is 1.93. The Bertz CT molecular complexity index is 1370. The fourth-order valence-corrected chi connectivity index (χ4v) is 4.69. The first kappa shape index (κ1) is 20.9. The van der Waals surface area contributed by atoms with Crippen molar-refractivity contribution in [1.29, 1.82) is 0 Å². The molecule has 0 saturated carbocycles. The van der Waals surface area contributed by atoms with Gasteiger partial charge in [-0.25, -0.2) is 9.18 Å². The molecule has 31 heavy (non-hydrogen) atoms. The van der Waals surface area contributed by atoms with Gasteiger partial charge in [0.1, 0.15) is 16.3 Å². The van der Waals surface area contributed by atoms with Gasteiger partial charge in [0.05, 0.1) is 7.11 Å². The number of carbonyl (C=O) groups is 1. The molecule has 0 fully saturated rings. The van der Waals surface area contributed by atoms with Crippen LogP contribution >= 0.6 is 11.3 Å². The van der Waals surface area contributed by atoms with Crippen LogP contribution in [0.25, 0.3) is 32.1 Å². The van der Waals surface area contributed by atoms with Crippen LogP contribution in [0.2, 0.25) is 0 Å². The molecule has 6 nitrogen and oxygen atoms in total. The molecule has 1 amide bonds. The molecule has 4 aromatic rings. The summed E-state index contributed by atoms with van der Waals surface area (Å²) in [5.74, 6) is 0.116. The number of amides is 1. The van der Waals surface area contributed by atoms with Crippen molar-refractivity contribution in [3.05, 3.63) is 63.5 Å². The molecule has 3 N–H and O–H groups in total. The van der Waals surface area contributed by atoms with Crippen molar-refractivity contribution >= 4 is 38.4 Å². The number of aromatic nitrogens is 1. The van der Waals surface area contributed by atoms with E-state index in [4.69, 9.17) is 9.84 Å². The van der Waals surface area contributed by atoms with E-state index in [2.05, 4.69) is 10.3 Å². The van der Waals surface area contributed by atoms with Gasteiger partial charge in [-0.05, 0) is 40.8 Å². The molecular weight excluding hydrogens is 419 g/mol. The van der Waals surface area contributed by atoms with Crippen LogP contribution < -0.4 is 15.6 Å². The van der Waals surface area contributed by atoms with E-state index in [1.807, 2.05) is 11.4 Å². The van der Waals surface area contributed by atoms with E-state index < -0.39 is 17.3 Å². The van der Waals surface area contributed by atoms with Gasteiger partial charge in [-0.2, -0.15) is 0 Å². The number of pyridine rings is 1. The van der Waals surface area contributed by atoms with Crippen molar-refractivity contribution in [3.8, 4) is 16.9 Å². The number of ether oxygens (including phenoxy) is 1. The topological polar surface area (TPSA) is 91.4 Å². The van der Waals surface area contributed by atoms with Crippen LogP contribution in [0.1, 0.15) is 19.4 Å². The number of rotatable bonds is 5. The van der Waals surface area contributed by atoms with Crippen LogP contribution in [0.4, 0.5) is 9.18 Å². The van der Waals surface area contributed by atoms with Crippen LogP contribution in [0.5, 0.6) is 5.75 Å². The molecule has 0 unspecified atom stereocenters. The molecular formula is C23H21FN2O4S. The van der Waals surface area contributed by atoms with Gasteiger partial charge in [-0.3, -0.25) is 4.79 Å². The Morgan fingerprint density at radius 3 is 2.71 bits per heavy atom. The third kappa shape index (κ3) is 3.63. The second kappa shape index (κ2) is 7.70. The van der Waals surface area contributed by atoms with E-state index in [-0.39, 0.29) is 12.1 Å². The highest BCUT2D eigenvalue weighted by Crippen LogP contribution is 2.41. The summed E-state index contributed by atoms with van der Waals surface area (Å²) in [6.07, 6.45) is -1.15. The maximum absolute atomic E-state index is 15.2. The third-order valence-corrected chi connectivity index (χ3v) is 6.36. The van der Waals surface area contributed by atoms with Crippen LogP contribution in [-0.2, 0) is 5.41 Å². The maximum atomic E-state index is 15.2. The van der Waals surface area contributed by atoms with Crippen LogP contribution in [0.3, 0.4) is 0 Å². The summed E-state index contributed by atoms with van der Waals surface area (Å²) in [6.45, 7) is 3.63. The lowest BCUT2D eigenvalue weighted by Crippen LogP contribution is -2.36. The molecule has 0 bridgehead atoms. The molecule has 0 aliphatic rings. The number of methoxy groups -OCH3 is 1. The average Bonchev–Trinajstić information content (AvgIpc) is 3.22. The fourth-order valence-electron chi connectivity index (χ4n) is 3.90. The van der Waals surface area contributed by atoms with Gasteiger partial charge in [-0.1, -0.05) is 26.0 Å². The lowest BCUT2D eigenvalue weighted by atomic mass is 9.83. The Morgan fingerprint density at radius 2 is 2.03 bits per heavy atom. The fraction of sp³-hybridized carbons (Fsp3) is 0.217. The molecule has 160 valence electrons. The summed E-state index contributed by atoms with van der Waals surface area (Å²) in [7, 11) is 1.55. The largest absolute Gasteiger partial charge is 0.496 e. The van der Waals surface area contributed by atoms with Crippen LogP contribution in [0.15, 0.2) is 46.6 Å². The van der Waals surface area contributed by atoms with Crippen LogP contribution in [0, 0.1) is 5.82 Å². The quantitative estimate of drug-likeness (QED) is 0.403.